The van der Waals surface area contributed by atoms with E-state index < -0.39 is 17.5 Å². The van der Waals surface area contributed by atoms with E-state index in [0.29, 0.717) is 0 Å². The second-order valence-corrected chi connectivity index (χ2v) is 2.59. The number of rotatable bonds is 1. The van der Waals surface area contributed by atoms with Gasteiger partial charge in [0.2, 0.25) is 5.43 Å². The van der Waals surface area contributed by atoms with E-state index in [1.54, 1.807) is 0 Å². The molecule has 0 amide bonds. The molecule has 0 fully saturated rings. The molecule has 1 rings (SSSR count). The zero-order valence-electron chi connectivity index (χ0n) is 7.11. The number of hydrogen-bond donors (Lipinski definition) is 2. The first-order valence-electron chi connectivity index (χ1n) is 3.55. The van der Waals surface area contributed by atoms with Crippen molar-refractivity contribution in [3.05, 3.63) is 22.0 Å². The number of ether oxygens (including phenoxy) is 1. The molecule has 0 saturated carbocycles. The largest absolute Gasteiger partial charge is 0.573 e. The third kappa shape index (κ3) is 2.41. The van der Waals surface area contributed by atoms with Crippen LogP contribution in [-0.4, -0.2) is 11.3 Å². The van der Waals surface area contributed by atoms with Crippen LogP contribution in [-0.2, 0) is 0 Å². The van der Waals surface area contributed by atoms with Crippen LogP contribution in [0.25, 0.3) is 0 Å². The third-order valence-corrected chi connectivity index (χ3v) is 1.40. The average molecular weight is 208 g/mol. The monoisotopic (exact) mass is 208 g/mol. The van der Waals surface area contributed by atoms with E-state index in [0.717, 1.165) is 6.07 Å². The number of hydrogen-bond acceptors (Lipinski definition) is 3. The highest BCUT2D eigenvalue weighted by atomic mass is 19.4. The molecule has 0 aliphatic carbocycles. The van der Waals surface area contributed by atoms with Crippen LogP contribution in [0.5, 0.6) is 5.75 Å². The Kier molecular flexibility index (Phi) is 2.41. The van der Waals surface area contributed by atoms with Gasteiger partial charge in [-0.25, -0.2) is 0 Å². The molecule has 0 radical (unpaired) electrons. The van der Waals surface area contributed by atoms with Gasteiger partial charge in [0.15, 0.2) is 5.75 Å². The van der Waals surface area contributed by atoms with Gasteiger partial charge in [-0.2, -0.15) is 0 Å². The molecule has 0 aliphatic rings. The first kappa shape index (κ1) is 10.4. The van der Waals surface area contributed by atoms with Crippen molar-refractivity contribution in [2.45, 2.75) is 13.3 Å². The quantitative estimate of drug-likeness (QED) is 0.727. The van der Waals surface area contributed by atoms with Gasteiger partial charge in [-0.1, -0.05) is 0 Å². The lowest BCUT2D eigenvalue weighted by Gasteiger charge is -2.10. The predicted molar refractivity (Wildman–Crippen MR) is 42.9 cm³/mol. The van der Waals surface area contributed by atoms with Gasteiger partial charge < -0.3 is 15.5 Å². The van der Waals surface area contributed by atoms with Crippen molar-refractivity contribution in [1.82, 2.24) is 4.98 Å². The summed E-state index contributed by atoms with van der Waals surface area (Å²) in [5.41, 5.74) is 4.23. The van der Waals surface area contributed by atoms with Crippen molar-refractivity contribution in [2.75, 3.05) is 5.73 Å². The first-order chi connectivity index (χ1) is 6.29. The van der Waals surface area contributed by atoms with Crippen LogP contribution in [0, 0.1) is 6.92 Å². The maximum atomic E-state index is 11.8. The highest BCUT2D eigenvalue weighted by Gasteiger charge is 2.33. The minimum absolute atomic E-state index is 0.0120. The lowest BCUT2D eigenvalue weighted by atomic mass is 10.3. The predicted octanol–water partition coefficient (Wildman–Crippen LogP) is 1.16. The zero-order valence-corrected chi connectivity index (χ0v) is 7.11. The maximum absolute atomic E-state index is 11.8. The first-order valence-corrected chi connectivity index (χ1v) is 3.55. The summed E-state index contributed by atoms with van der Waals surface area (Å²) in [6, 6.07) is 0.827. The topological polar surface area (TPSA) is 68.1 Å². The highest BCUT2D eigenvalue weighted by molar-refractivity contribution is 5.37. The number of aromatic amines is 1. The number of nitrogen functional groups attached to an aromatic ring is 1. The molecule has 1 heterocycles. The summed E-state index contributed by atoms with van der Waals surface area (Å²) in [5.74, 6) is -0.797. The van der Waals surface area contributed by atoms with Gasteiger partial charge in [0.1, 0.15) is 5.82 Å². The number of anilines is 1. The molecule has 1 aromatic heterocycles. The van der Waals surface area contributed by atoms with Gasteiger partial charge in [-0.05, 0) is 6.92 Å². The molecule has 0 bridgehead atoms. The third-order valence-electron chi connectivity index (χ3n) is 1.40. The summed E-state index contributed by atoms with van der Waals surface area (Å²) >= 11 is 0. The number of halogens is 3. The van der Waals surface area contributed by atoms with Crippen molar-refractivity contribution >= 4 is 5.82 Å². The molecule has 0 aliphatic heterocycles. The second kappa shape index (κ2) is 3.24. The molecule has 0 spiro atoms. The van der Waals surface area contributed by atoms with Crippen molar-refractivity contribution in [3.8, 4) is 5.75 Å². The van der Waals surface area contributed by atoms with Gasteiger partial charge >= 0.3 is 6.36 Å². The van der Waals surface area contributed by atoms with Crippen LogP contribution < -0.4 is 15.9 Å². The van der Waals surface area contributed by atoms with E-state index in [2.05, 4.69) is 9.72 Å². The second-order valence-electron chi connectivity index (χ2n) is 2.59. The molecule has 0 aromatic carbocycles. The summed E-state index contributed by atoms with van der Waals surface area (Å²) in [5, 5.41) is 0. The summed E-state index contributed by atoms with van der Waals surface area (Å²) in [4.78, 5) is 13.4. The molecule has 7 heteroatoms. The van der Waals surface area contributed by atoms with E-state index in [1.165, 1.54) is 6.92 Å². The summed E-state index contributed by atoms with van der Waals surface area (Å²) in [7, 11) is 0. The van der Waals surface area contributed by atoms with E-state index in [4.69, 9.17) is 5.73 Å². The maximum Gasteiger partial charge on any atom is 0.573 e. The van der Waals surface area contributed by atoms with Crippen LogP contribution in [0.4, 0.5) is 19.0 Å². The fourth-order valence-corrected chi connectivity index (χ4v) is 0.944. The molecule has 4 nitrogen and oxygen atoms in total. The van der Waals surface area contributed by atoms with Crippen molar-refractivity contribution in [1.29, 1.82) is 0 Å². The number of aromatic nitrogens is 1. The number of aryl methyl sites for hydroxylation is 1. The molecule has 1 aromatic rings. The number of alkyl halides is 3. The highest BCUT2D eigenvalue weighted by Crippen LogP contribution is 2.21. The number of nitrogens with one attached hydrogen (secondary N) is 1. The lowest BCUT2D eigenvalue weighted by molar-refractivity contribution is -0.275. The van der Waals surface area contributed by atoms with Gasteiger partial charge in [-0.3, -0.25) is 4.79 Å². The van der Waals surface area contributed by atoms with Crippen molar-refractivity contribution in [2.24, 2.45) is 0 Å². The molecular weight excluding hydrogens is 201 g/mol. The fourth-order valence-electron chi connectivity index (χ4n) is 0.944. The van der Waals surface area contributed by atoms with E-state index in [-0.39, 0.29) is 11.5 Å². The van der Waals surface area contributed by atoms with E-state index in [9.17, 15) is 18.0 Å². The van der Waals surface area contributed by atoms with Crippen LogP contribution in [0.15, 0.2) is 10.9 Å². The SMILES string of the molecule is Cc1[nH]c(N)cc(=O)c1OC(F)(F)F. The number of H-pyrrole nitrogens is 1. The molecule has 3 N–H and O–H groups in total. The Morgan fingerprint density at radius 1 is 1.50 bits per heavy atom. The lowest BCUT2D eigenvalue weighted by Crippen LogP contribution is -2.23. The van der Waals surface area contributed by atoms with Gasteiger partial charge in [0.25, 0.3) is 0 Å². The van der Waals surface area contributed by atoms with Gasteiger partial charge in [0, 0.05) is 6.07 Å². The Balaban J connectivity index is 3.16. The van der Waals surface area contributed by atoms with Crippen LogP contribution >= 0.6 is 0 Å². The van der Waals surface area contributed by atoms with Crippen LogP contribution in [0.3, 0.4) is 0 Å². The summed E-state index contributed by atoms with van der Waals surface area (Å²) < 4.78 is 38.9. The van der Waals surface area contributed by atoms with E-state index >= 15 is 0 Å². The minimum atomic E-state index is -4.88. The van der Waals surface area contributed by atoms with Crippen molar-refractivity contribution < 1.29 is 17.9 Å². The van der Waals surface area contributed by atoms with Gasteiger partial charge in [0.05, 0.1) is 5.69 Å². The molecular formula is C7H7F3N2O2. The Hall–Kier alpha value is -1.66. The van der Waals surface area contributed by atoms with Gasteiger partial charge in [-0.15, -0.1) is 13.2 Å². The Morgan fingerprint density at radius 2 is 2.07 bits per heavy atom. The van der Waals surface area contributed by atoms with E-state index in [1.807, 2.05) is 0 Å². The Morgan fingerprint density at radius 3 is 2.50 bits per heavy atom. The summed E-state index contributed by atoms with van der Waals surface area (Å²) in [6.45, 7) is 1.26. The molecule has 0 saturated heterocycles. The molecule has 0 atom stereocenters. The van der Waals surface area contributed by atoms with Crippen molar-refractivity contribution in [3.63, 3.8) is 0 Å². The Bertz CT molecular complexity index is 397. The number of nitrogens with two attached hydrogens (primary N) is 1. The normalized spacial score (nSPS) is 11.4. The standard InChI is InChI=1S/C7H7F3N2O2/c1-3-6(14-7(8,9)10)4(13)2-5(11)12-3/h2H,1H3,(H3,11,12,13). The number of pyridine rings is 1. The zero-order chi connectivity index (χ0) is 10.9. The van der Waals surface area contributed by atoms with Crippen LogP contribution in [0.1, 0.15) is 5.69 Å². The minimum Gasteiger partial charge on any atom is -0.400 e. The summed E-state index contributed by atoms with van der Waals surface area (Å²) in [6.07, 6.45) is -4.88. The smallest absolute Gasteiger partial charge is 0.400 e. The average Bonchev–Trinajstić information content (AvgIpc) is 1.95. The molecule has 78 valence electrons. The Labute approximate surface area is 76.5 Å². The van der Waals surface area contributed by atoms with Crippen LogP contribution in [0.2, 0.25) is 0 Å². The molecule has 14 heavy (non-hydrogen) atoms. The molecule has 0 unspecified atom stereocenters. The fraction of sp³-hybridized carbons (Fsp3) is 0.286.